The van der Waals surface area contributed by atoms with Crippen LogP contribution in [0.25, 0.3) is 33.9 Å². The zero-order chi connectivity index (χ0) is 38.2. The van der Waals surface area contributed by atoms with Crippen LogP contribution in [0.15, 0.2) is 77.0 Å². The Hall–Kier alpha value is -5.04. The maximum Gasteiger partial charge on any atom is 0.452 e. The van der Waals surface area contributed by atoms with Crippen LogP contribution >= 0.6 is 23.2 Å². The van der Waals surface area contributed by atoms with Crippen molar-refractivity contribution in [2.75, 3.05) is 6.61 Å². The Morgan fingerprint density at radius 1 is 0.849 bits per heavy atom. The van der Waals surface area contributed by atoms with Gasteiger partial charge in [0.05, 0.1) is 34.8 Å². The number of aliphatic hydroxyl groups is 1. The minimum absolute atomic E-state index is 0.0465. The number of halogens is 4. The molecule has 0 unspecified atom stereocenters. The number of carbonyl (C=O) groups excluding carboxylic acids is 2. The first kappa shape index (κ1) is 39.2. The molecule has 3 aromatic heterocycles. The monoisotopic (exact) mass is 763 g/mol. The Labute approximate surface area is 315 Å². The highest BCUT2D eigenvalue weighted by Crippen LogP contribution is 2.36. The van der Waals surface area contributed by atoms with E-state index in [0.29, 0.717) is 34.1 Å². The molecule has 1 aliphatic heterocycles. The molecule has 2 aliphatic rings. The van der Waals surface area contributed by atoms with Gasteiger partial charge in [-0.1, -0.05) is 63.8 Å². The van der Waals surface area contributed by atoms with E-state index in [1.807, 2.05) is 36.4 Å². The zero-order valence-electron chi connectivity index (χ0n) is 29.4. The van der Waals surface area contributed by atoms with Gasteiger partial charge in [-0.25, -0.2) is 28.3 Å². The molecule has 0 spiro atoms. The number of carbonyl (C=O) groups is 2. The fourth-order valence-electron chi connectivity index (χ4n) is 5.88. The van der Waals surface area contributed by atoms with Gasteiger partial charge in [-0.15, -0.1) is 0 Å². The zero-order valence-corrected chi connectivity index (χ0v) is 31.0. The summed E-state index contributed by atoms with van der Waals surface area (Å²) in [6.07, 6.45) is 1.48. The lowest BCUT2D eigenvalue weighted by Gasteiger charge is -2.19. The molecular weight excluding hydrogens is 727 g/mol. The number of ether oxygens (including phenoxy) is 2. The summed E-state index contributed by atoms with van der Waals surface area (Å²) in [4.78, 5) is 30.3. The van der Waals surface area contributed by atoms with Crippen molar-refractivity contribution >= 4 is 57.9 Å². The number of nitrogens with zero attached hydrogens (tertiary/aromatic N) is 5. The standard InChI is InChI=1S/C16H13ClFNO.C15H10ClFN2.C8H14N2O4/c17-15-5-4-10(6-7-20)16(19-15)12-8-11-2-1-3-14(18)13(11)9-12;16-14-5-4-9-6-7-19-12-3-1-2-11(17)10(12)8-13(19)15(9)18-14;1-5(2)13-7(11)9-10-8(12)14-6(3)4/h1-5,9,20H,6-8H2;1-5,8H,6-7H2;5-6H,1-4H3. The van der Waals surface area contributed by atoms with Gasteiger partial charge < -0.3 is 19.1 Å². The molecule has 10 nitrogen and oxygen atoms in total. The second kappa shape index (κ2) is 17.7. The molecule has 0 fully saturated rings. The van der Waals surface area contributed by atoms with Gasteiger partial charge in [-0.3, -0.25) is 0 Å². The minimum atomic E-state index is -0.902. The maximum atomic E-state index is 13.9. The van der Waals surface area contributed by atoms with Crippen molar-refractivity contribution in [1.29, 1.82) is 0 Å². The van der Waals surface area contributed by atoms with E-state index in [1.54, 1.807) is 52.0 Å². The summed E-state index contributed by atoms with van der Waals surface area (Å²) >= 11 is 11.9. The van der Waals surface area contributed by atoms with E-state index < -0.39 is 12.2 Å². The van der Waals surface area contributed by atoms with Gasteiger partial charge >= 0.3 is 12.2 Å². The fraction of sp³-hybridized carbons (Fsp3) is 0.282. The number of hydrogen-bond acceptors (Lipinski definition) is 7. The Balaban J connectivity index is 0.000000156. The molecule has 7 rings (SSSR count). The smallest absolute Gasteiger partial charge is 0.444 e. The number of azo groups is 1. The number of aryl methyl sites for hydroxylation is 2. The van der Waals surface area contributed by atoms with Crippen molar-refractivity contribution < 1.29 is 33.0 Å². The molecule has 2 amide bonds. The van der Waals surface area contributed by atoms with Crippen LogP contribution in [0.3, 0.4) is 0 Å². The first-order valence-electron chi connectivity index (χ1n) is 16.9. The van der Waals surface area contributed by atoms with Crippen LogP contribution < -0.4 is 0 Å². The Bertz CT molecular complexity index is 2180. The van der Waals surface area contributed by atoms with Gasteiger partial charge in [0.1, 0.15) is 21.9 Å². The fourth-order valence-corrected chi connectivity index (χ4v) is 6.18. The van der Waals surface area contributed by atoms with Crippen LogP contribution in [-0.2, 0) is 35.3 Å². The quantitative estimate of drug-likeness (QED) is 0.139. The minimum Gasteiger partial charge on any atom is -0.444 e. The number of benzene rings is 2. The molecule has 14 heteroatoms. The van der Waals surface area contributed by atoms with Crippen molar-refractivity contribution in [3.8, 4) is 11.4 Å². The number of rotatable bonds is 5. The lowest BCUT2D eigenvalue weighted by molar-refractivity contribution is 0.115. The third-order valence-electron chi connectivity index (χ3n) is 8.04. The highest BCUT2D eigenvalue weighted by Gasteiger charge is 2.22. The van der Waals surface area contributed by atoms with Crippen LogP contribution in [0.4, 0.5) is 18.4 Å². The van der Waals surface area contributed by atoms with Crippen molar-refractivity contribution in [3.05, 3.63) is 117 Å². The largest absolute Gasteiger partial charge is 0.452 e. The number of pyridine rings is 2. The van der Waals surface area contributed by atoms with Gasteiger partial charge in [-0.2, -0.15) is 0 Å². The number of aliphatic hydroxyl groups excluding tert-OH is 1. The molecule has 0 atom stereocenters. The van der Waals surface area contributed by atoms with Crippen LogP contribution in [0.2, 0.25) is 10.3 Å². The SMILES string of the molecule is CC(C)OC(=O)N=NC(=O)OC(C)C.Fc1cccc2c1cc1n2CCc2ccc(Cl)nc2-1.OCCc1ccc(Cl)nc1C1=Cc2c(F)cccc2C1. The number of allylic oxidation sites excluding steroid dienone is 1. The Kier molecular flexibility index (Phi) is 13.0. The van der Waals surface area contributed by atoms with Crippen LogP contribution in [-0.4, -0.2) is 50.6 Å². The summed E-state index contributed by atoms with van der Waals surface area (Å²) in [6, 6.07) is 19.5. The molecule has 0 saturated carbocycles. The predicted octanol–water partition coefficient (Wildman–Crippen LogP) is 10.1. The van der Waals surface area contributed by atoms with Gasteiger partial charge in [-0.05, 0) is 105 Å². The van der Waals surface area contributed by atoms with Crippen molar-refractivity contribution in [3.63, 3.8) is 0 Å². The van der Waals surface area contributed by atoms with Crippen LogP contribution in [0.1, 0.15) is 55.6 Å². The van der Waals surface area contributed by atoms with Crippen molar-refractivity contribution in [1.82, 2.24) is 14.5 Å². The molecule has 5 aromatic rings. The van der Waals surface area contributed by atoms with E-state index in [1.165, 1.54) is 17.7 Å². The number of amides is 2. The van der Waals surface area contributed by atoms with Gasteiger partial charge in [0.15, 0.2) is 0 Å². The summed E-state index contributed by atoms with van der Waals surface area (Å²) in [5, 5.41) is 16.7. The van der Waals surface area contributed by atoms with E-state index in [0.717, 1.165) is 52.3 Å². The summed E-state index contributed by atoms with van der Waals surface area (Å²) < 4.78 is 39.0. The third kappa shape index (κ3) is 9.89. The van der Waals surface area contributed by atoms with Gasteiger partial charge in [0.2, 0.25) is 0 Å². The molecule has 0 saturated heterocycles. The van der Waals surface area contributed by atoms with Crippen molar-refractivity contribution in [2.24, 2.45) is 10.2 Å². The molecule has 0 radical (unpaired) electrons. The summed E-state index contributed by atoms with van der Waals surface area (Å²) in [6.45, 7) is 7.56. The molecule has 0 bridgehead atoms. The molecule has 276 valence electrons. The molecule has 53 heavy (non-hydrogen) atoms. The maximum absolute atomic E-state index is 13.9. The van der Waals surface area contributed by atoms with Crippen LogP contribution in [0, 0.1) is 11.6 Å². The van der Waals surface area contributed by atoms with E-state index >= 15 is 0 Å². The molecular formula is C39H37Cl2F2N5O5. The van der Waals surface area contributed by atoms with E-state index in [2.05, 4.69) is 34.2 Å². The third-order valence-corrected chi connectivity index (χ3v) is 8.46. The first-order chi connectivity index (χ1) is 25.3. The topological polar surface area (TPSA) is 128 Å². The first-order valence-corrected chi connectivity index (χ1v) is 17.6. The second-order valence-corrected chi connectivity index (χ2v) is 13.4. The number of hydrogen-bond donors (Lipinski definition) is 1. The highest BCUT2D eigenvalue weighted by molar-refractivity contribution is 6.29. The van der Waals surface area contributed by atoms with Gasteiger partial charge in [0.25, 0.3) is 0 Å². The van der Waals surface area contributed by atoms with E-state index in [-0.39, 0.29) is 30.4 Å². The van der Waals surface area contributed by atoms with Crippen LogP contribution in [0.5, 0.6) is 0 Å². The lowest BCUT2D eigenvalue weighted by atomic mass is 10.0. The molecule has 2 aromatic carbocycles. The normalized spacial score (nSPS) is 12.7. The molecule has 4 heterocycles. The van der Waals surface area contributed by atoms with Gasteiger partial charge in [0, 0.05) is 30.5 Å². The summed E-state index contributed by atoms with van der Waals surface area (Å²) in [5.41, 5.74) is 8.10. The average molecular weight is 765 g/mol. The second-order valence-electron chi connectivity index (χ2n) is 12.6. The van der Waals surface area contributed by atoms with Crippen molar-refractivity contribution in [2.45, 2.75) is 65.7 Å². The average Bonchev–Trinajstić information content (AvgIpc) is 3.72. The Morgan fingerprint density at radius 2 is 1.47 bits per heavy atom. The lowest BCUT2D eigenvalue weighted by Crippen LogP contribution is -2.11. The molecule has 1 aliphatic carbocycles. The number of fused-ring (bicyclic) bond motifs is 6. The summed E-state index contributed by atoms with van der Waals surface area (Å²) in [5.74, 6) is -0.411. The number of aromatic nitrogens is 3. The summed E-state index contributed by atoms with van der Waals surface area (Å²) in [7, 11) is 0. The van der Waals surface area contributed by atoms with E-state index in [4.69, 9.17) is 28.3 Å². The Morgan fingerprint density at radius 3 is 2.11 bits per heavy atom. The molecule has 1 N–H and O–H groups in total. The van der Waals surface area contributed by atoms with E-state index in [9.17, 15) is 18.4 Å². The highest BCUT2D eigenvalue weighted by atomic mass is 35.5. The predicted molar refractivity (Wildman–Crippen MR) is 200 cm³/mol.